The van der Waals surface area contributed by atoms with Gasteiger partial charge in [0.1, 0.15) is 23.2 Å². The van der Waals surface area contributed by atoms with Crippen LogP contribution in [0.15, 0.2) is 36.4 Å². The van der Waals surface area contributed by atoms with Gasteiger partial charge in [-0.05, 0) is 49.6 Å². The lowest BCUT2D eigenvalue weighted by atomic mass is 9.91. The molecule has 0 fully saturated rings. The zero-order chi connectivity index (χ0) is 25.3. The molecule has 4 rings (SSSR count). The average molecular weight is 520 g/mol. The lowest BCUT2D eigenvalue weighted by Crippen LogP contribution is -2.52. The van der Waals surface area contributed by atoms with E-state index in [9.17, 15) is 13.6 Å². The molecule has 11 heteroatoms. The van der Waals surface area contributed by atoms with Crippen LogP contribution < -0.4 is 21.1 Å². The number of halogens is 3. The Kier molecular flexibility index (Phi) is 8.00. The molecule has 2 heterocycles. The van der Waals surface area contributed by atoms with Gasteiger partial charge in [-0.2, -0.15) is 4.98 Å². The summed E-state index contributed by atoms with van der Waals surface area (Å²) in [4.78, 5) is 23.7. The predicted molar refractivity (Wildman–Crippen MR) is 136 cm³/mol. The molecule has 0 aliphatic carbocycles. The van der Waals surface area contributed by atoms with Crippen molar-refractivity contribution in [1.82, 2.24) is 9.97 Å². The summed E-state index contributed by atoms with van der Waals surface area (Å²) in [5, 5.41) is 0. The standard InChI is InChI=1S/C25H27F2N5O3.ClH/c1-4-18-21(22(28)31-24(29)30-18)14-6-7-20-19(10-14)32(8-5-9-34-3)23(33)25(2,35-20)15-11-16(26)13-17(27)12-15;/h6-7,10-13H,4-5,8-9H2,1-3H3,(H4,28,29,30,31);1H. The van der Waals surface area contributed by atoms with E-state index in [-0.39, 0.29) is 29.7 Å². The monoisotopic (exact) mass is 519 g/mol. The Morgan fingerprint density at radius 2 is 1.81 bits per heavy atom. The van der Waals surface area contributed by atoms with E-state index in [0.29, 0.717) is 54.3 Å². The number of aromatic nitrogens is 2. The van der Waals surface area contributed by atoms with Gasteiger partial charge in [0.2, 0.25) is 11.5 Å². The summed E-state index contributed by atoms with van der Waals surface area (Å²) in [5.74, 6) is -1.36. The number of anilines is 3. The average Bonchev–Trinajstić information content (AvgIpc) is 2.80. The third-order valence-corrected chi connectivity index (χ3v) is 6.01. The van der Waals surface area contributed by atoms with E-state index in [4.69, 9.17) is 20.9 Å². The molecule has 0 spiro atoms. The predicted octanol–water partition coefficient (Wildman–Crippen LogP) is 4.25. The lowest BCUT2D eigenvalue weighted by Gasteiger charge is -2.41. The fraction of sp³-hybridized carbons (Fsp3) is 0.320. The van der Waals surface area contributed by atoms with Crippen LogP contribution in [0.1, 0.15) is 31.5 Å². The quantitative estimate of drug-likeness (QED) is 0.448. The summed E-state index contributed by atoms with van der Waals surface area (Å²) in [6.07, 6.45) is 1.10. The first-order valence-corrected chi connectivity index (χ1v) is 11.2. The number of ether oxygens (including phenoxy) is 2. The highest BCUT2D eigenvalue weighted by Gasteiger charge is 2.46. The number of hydrogen-bond acceptors (Lipinski definition) is 7. The van der Waals surface area contributed by atoms with Gasteiger partial charge in [-0.3, -0.25) is 4.79 Å². The molecule has 8 nitrogen and oxygen atoms in total. The Hall–Kier alpha value is -3.50. The van der Waals surface area contributed by atoms with E-state index in [1.54, 1.807) is 30.2 Å². The highest BCUT2D eigenvalue weighted by molar-refractivity contribution is 6.04. The van der Waals surface area contributed by atoms with Crippen molar-refractivity contribution in [3.8, 4) is 16.9 Å². The zero-order valence-corrected chi connectivity index (χ0v) is 21.0. The molecule has 0 saturated heterocycles. The van der Waals surface area contributed by atoms with E-state index in [1.807, 2.05) is 6.92 Å². The number of nitrogens with zero attached hydrogens (tertiary/aromatic N) is 3. The van der Waals surface area contributed by atoms with Crippen LogP contribution in [0, 0.1) is 11.6 Å². The number of carbonyl (C=O) groups is 1. The summed E-state index contributed by atoms with van der Waals surface area (Å²) in [5.41, 5.74) is 12.9. The Labute approximate surface area is 214 Å². The van der Waals surface area contributed by atoms with Crippen LogP contribution in [-0.4, -0.2) is 36.1 Å². The van der Waals surface area contributed by atoms with Crippen molar-refractivity contribution in [3.05, 3.63) is 59.3 Å². The van der Waals surface area contributed by atoms with Gasteiger partial charge in [-0.25, -0.2) is 13.8 Å². The number of amides is 1. The molecule has 0 radical (unpaired) electrons. The minimum absolute atomic E-state index is 0. The van der Waals surface area contributed by atoms with Crippen molar-refractivity contribution in [2.24, 2.45) is 0 Å². The number of nitrogen functional groups attached to an aromatic ring is 2. The van der Waals surface area contributed by atoms with Crippen LogP contribution >= 0.6 is 12.4 Å². The van der Waals surface area contributed by atoms with Crippen molar-refractivity contribution in [1.29, 1.82) is 0 Å². The Balaban J connectivity index is 0.00000361. The smallest absolute Gasteiger partial charge is 0.275 e. The van der Waals surface area contributed by atoms with Gasteiger partial charge in [0, 0.05) is 37.5 Å². The van der Waals surface area contributed by atoms with Gasteiger partial charge in [-0.1, -0.05) is 13.0 Å². The molecule has 1 aliphatic rings. The van der Waals surface area contributed by atoms with E-state index in [0.717, 1.165) is 18.2 Å². The number of aryl methyl sites for hydroxylation is 1. The molecule has 1 atom stereocenters. The largest absolute Gasteiger partial charge is 0.471 e. The van der Waals surface area contributed by atoms with E-state index >= 15 is 0 Å². The van der Waals surface area contributed by atoms with E-state index in [2.05, 4.69) is 9.97 Å². The zero-order valence-electron chi connectivity index (χ0n) is 20.2. The molecule has 0 bridgehead atoms. The second kappa shape index (κ2) is 10.6. The van der Waals surface area contributed by atoms with Crippen molar-refractivity contribution in [2.75, 3.05) is 36.6 Å². The molecule has 3 aromatic rings. The van der Waals surface area contributed by atoms with Crippen molar-refractivity contribution >= 4 is 35.8 Å². The molecular weight excluding hydrogens is 492 g/mol. The maximum Gasteiger partial charge on any atom is 0.275 e. The molecule has 2 aromatic carbocycles. The second-order valence-electron chi connectivity index (χ2n) is 8.42. The number of methoxy groups -OCH3 is 1. The normalized spacial score (nSPS) is 16.8. The minimum Gasteiger partial charge on any atom is -0.471 e. The number of hydrogen-bond donors (Lipinski definition) is 2. The van der Waals surface area contributed by atoms with Crippen LogP contribution in [0.2, 0.25) is 0 Å². The fourth-order valence-electron chi connectivity index (χ4n) is 4.32. The third-order valence-electron chi connectivity index (χ3n) is 6.01. The number of fused-ring (bicyclic) bond motifs is 1. The van der Waals surface area contributed by atoms with Gasteiger partial charge in [0.25, 0.3) is 5.91 Å². The van der Waals surface area contributed by atoms with Crippen LogP contribution in [-0.2, 0) is 21.6 Å². The van der Waals surface area contributed by atoms with Crippen LogP contribution in [0.25, 0.3) is 11.1 Å². The van der Waals surface area contributed by atoms with Crippen molar-refractivity contribution in [2.45, 2.75) is 32.3 Å². The summed E-state index contributed by atoms with van der Waals surface area (Å²) in [6, 6.07) is 8.21. The van der Waals surface area contributed by atoms with Crippen molar-refractivity contribution < 1.29 is 23.0 Å². The topological polar surface area (TPSA) is 117 Å². The summed E-state index contributed by atoms with van der Waals surface area (Å²) >= 11 is 0. The maximum atomic E-state index is 14.0. The first-order valence-electron chi connectivity index (χ1n) is 11.2. The minimum atomic E-state index is -1.64. The molecule has 1 aromatic heterocycles. The summed E-state index contributed by atoms with van der Waals surface area (Å²) < 4.78 is 39.3. The second-order valence-corrected chi connectivity index (χ2v) is 8.42. The molecule has 192 valence electrons. The van der Waals surface area contributed by atoms with Gasteiger partial charge in [0.15, 0.2) is 0 Å². The van der Waals surface area contributed by atoms with Gasteiger partial charge in [0.05, 0.1) is 11.4 Å². The molecule has 1 unspecified atom stereocenters. The maximum absolute atomic E-state index is 14.0. The molecular formula is C25H28ClF2N5O3. The third kappa shape index (κ3) is 4.91. The number of rotatable bonds is 7. The molecule has 1 aliphatic heterocycles. The molecule has 1 amide bonds. The summed E-state index contributed by atoms with van der Waals surface area (Å²) in [6.45, 7) is 4.15. The van der Waals surface area contributed by atoms with E-state index < -0.39 is 23.1 Å². The lowest BCUT2D eigenvalue weighted by molar-refractivity contribution is -0.135. The van der Waals surface area contributed by atoms with Gasteiger partial charge in [-0.15, -0.1) is 12.4 Å². The Morgan fingerprint density at radius 1 is 1.11 bits per heavy atom. The van der Waals surface area contributed by atoms with Gasteiger partial charge >= 0.3 is 0 Å². The number of benzene rings is 2. The first kappa shape index (κ1) is 27.1. The van der Waals surface area contributed by atoms with E-state index in [1.165, 1.54) is 6.92 Å². The SMILES string of the molecule is CCc1nc(N)nc(N)c1-c1ccc2c(c1)N(CCCOC)C(=O)C(C)(c1cc(F)cc(F)c1)O2.Cl. The fourth-order valence-corrected chi connectivity index (χ4v) is 4.32. The number of nitrogens with two attached hydrogens (primary N) is 2. The van der Waals surface area contributed by atoms with Crippen LogP contribution in [0.5, 0.6) is 5.75 Å². The van der Waals surface area contributed by atoms with Crippen molar-refractivity contribution in [3.63, 3.8) is 0 Å². The van der Waals surface area contributed by atoms with Gasteiger partial charge < -0.3 is 25.8 Å². The van der Waals surface area contributed by atoms with Crippen LogP contribution in [0.4, 0.5) is 26.2 Å². The Morgan fingerprint density at radius 3 is 2.44 bits per heavy atom. The highest BCUT2D eigenvalue weighted by Crippen LogP contribution is 2.45. The molecule has 4 N–H and O–H groups in total. The molecule has 0 saturated carbocycles. The van der Waals surface area contributed by atoms with Crippen LogP contribution in [0.3, 0.4) is 0 Å². The first-order chi connectivity index (χ1) is 16.7. The molecule has 36 heavy (non-hydrogen) atoms. The number of carbonyl (C=O) groups excluding carboxylic acids is 1. The highest BCUT2D eigenvalue weighted by atomic mass is 35.5. The Bertz CT molecular complexity index is 1270. The summed E-state index contributed by atoms with van der Waals surface area (Å²) in [7, 11) is 1.57.